The van der Waals surface area contributed by atoms with Crippen LogP contribution in [0.4, 0.5) is 0 Å². The van der Waals surface area contributed by atoms with Gasteiger partial charge in [0.05, 0.1) is 275 Å². The van der Waals surface area contributed by atoms with E-state index in [0.29, 0.717) is 199 Å². The van der Waals surface area contributed by atoms with E-state index in [-0.39, 0.29) is 112 Å². The summed E-state index contributed by atoms with van der Waals surface area (Å²) < 4.78 is 0. The van der Waals surface area contributed by atoms with E-state index in [0.717, 1.165) is 6.42 Å². The summed E-state index contributed by atoms with van der Waals surface area (Å²) in [5, 5.41) is 0. The van der Waals surface area contributed by atoms with Crippen LogP contribution in [0.2, 0.25) is 121 Å². The lowest BCUT2D eigenvalue weighted by atomic mass is 9.57. The molecule has 15 unspecified atom stereocenters. The molecule has 0 aromatic carbocycles. The van der Waals surface area contributed by atoms with Gasteiger partial charge < -0.3 is 0 Å². The minimum absolute atomic E-state index is 0.000302. The molecule has 0 fully saturated rings. The van der Waals surface area contributed by atoms with E-state index in [2.05, 4.69) is 0 Å². The average Bonchev–Trinajstić information content (AvgIpc) is 0.867. The van der Waals surface area contributed by atoms with Crippen molar-refractivity contribution in [3.63, 3.8) is 0 Å². The fourth-order valence-electron chi connectivity index (χ4n) is 17.4. The summed E-state index contributed by atoms with van der Waals surface area (Å²) in [6.07, 6.45) is 18.0. The van der Waals surface area contributed by atoms with Crippen molar-refractivity contribution in [2.75, 3.05) is 0 Å². The molecule has 0 saturated heterocycles. The number of rotatable bonds is 64. The Morgan fingerprint density at radius 2 is 0.160 bits per heavy atom. The van der Waals surface area contributed by atoms with E-state index < -0.39 is 80.0 Å². The summed E-state index contributed by atoms with van der Waals surface area (Å²) in [5.41, 5.74) is -8.50. The van der Waals surface area contributed by atoms with Crippen LogP contribution in [0.3, 0.4) is 0 Å². The van der Waals surface area contributed by atoms with Crippen LogP contribution in [0.15, 0.2) is 0 Å². The molecule has 0 aliphatic rings. The topological polar surface area (TPSA) is 0 Å². The molecular formula is C65H97B35. The molecule has 0 rings (SSSR count). The molecule has 0 heterocycles. The van der Waals surface area contributed by atoms with E-state index in [1.807, 2.05) is 0 Å². The molecule has 0 spiro atoms. The largest absolute Gasteiger partial charge is 0.110 e. The van der Waals surface area contributed by atoms with Crippen LogP contribution in [-0.2, 0) is 0 Å². The van der Waals surface area contributed by atoms with Crippen molar-refractivity contribution in [2.24, 2.45) is 71.0 Å². The first kappa shape index (κ1) is 102. The Bertz CT molecular complexity index is 1850. The van der Waals surface area contributed by atoms with Gasteiger partial charge in [0, 0.05) is 0 Å². The van der Waals surface area contributed by atoms with Gasteiger partial charge in [0.15, 0.2) is 0 Å². The van der Waals surface area contributed by atoms with E-state index in [9.17, 15) is 0 Å². The van der Waals surface area contributed by atoms with Crippen LogP contribution in [-0.4, -0.2) is 275 Å². The van der Waals surface area contributed by atoms with Crippen molar-refractivity contribution in [3.05, 3.63) is 0 Å². The number of hydrogen-bond acceptors (Lipinski definition) is 0. The molecule has 0 saturated carbocycles. The molecule has 15 atom stereocenters. The zero-order valence-electron chi connectivity index (χ0n) is 61.9. The molecule has 0 amide bonds. The first-order valence-corrected chi connectivity index (χ1v) is 37.8. The Balaban J connectivity index is 7.99. The van der Waals surface area contributed by atoms with Gasteiger partial charge in [-0.2, -0.15) is 0 Å². The van der Waals surface area contributed by atoms with Crippen molar-refractivity contribution in [2.45, 2.75) is 326 Å². The highest BCUT2D eigenvalue weighted by Crippen LogP contribution is 2.47. The molecule has 0 N–H and O–H groups in total. The van der Waals surface area contributed by atoms with Gasteiger partial charge >= 0.3 is 0 Å². The maximum atomic E-state index is 7.38. The van der Waals surface area contributed by atoms with E-state index in [1.165, 1.54) is 0 Å². The van der Waals surface area contributed by atoms with Crippen molar-refractivity contribution < 1.29 is 0 Å². The second kappa shape index (κ2) is 57.3. The monoisotopic (exact) mass is 1260 g/mol. The molecule has 70 radical (unpaired) electrons. The summed E-state index contributed by atoms with van der Waals surface area (Å²) in [5.74, 6) is -2.32. The minimum atomic E-state index is -0.678. The van der Waals surface area contributed by atoms with E-state index in [4.69, 9.17) is 275 Å². The predicted octanol–water partition coefficient (Wildman–Crippen LogP) is 7.73. The summed E-state index contributed by atoms with van der Waals surface area (Å²) in [6, 6.07) is 0. The lowest BCUT2D eigenvalue weighted by molar-refractivity contribution is 0.179. The SMILES string of the molecule is [B]C([B])CC([B])CC(CC([B])CC([B])[B])CC(CC([B])[B])CC(CC([B])[B])CC([B])CC([B])CC([B])CC(CC(CC([B])[B])CC(CC([B])[B])CC([B])[B])CC(CC([B])[B])CC(CC(CC([B])CC([B])[B])CC([B])CC([B])[B])CC(CC([B])[B])CC(CC([B])[B])CC(CC([B])[B])CC([B])[B]. The summed E-state index contributed by atoms with van der Waals surface area (Å²) in [7, 11) is 225. The molecule has 462 valence electrons. The Morgan fingerprint density at radius 3 is 0.300 bits per heavy atom. The van der Waals surface area contributed by atoms with Crippen LogP contribution < -0.4 is 0 Å². The van der Waals surface area contributed by atoms with Crippen molar-refractivity contribution in [1.29, 1.82) is 0 Å². The highest BCUT2D eigenvalue weighted by molar-refractivity contribution is 6.40. The quantitative estimate of drug-likeness (QED) is 0.0548. The van der Waals surface area contributed by atoms with Gasteiger partial charge in [0.2, 0.25) is 0 Å². The van der Waals surface area contributed by atoms with Gasteiger partial charge in [0.25, 0.3) is 0 Å². The molecule has 0 aromatic rings. The van der Waals surface area contributed by atoms with Gasteiger partial charge in [-0.05, 0) is 135 Å². The highest BCUT2D eigenvalue weighted by Gasteiger charge is 2.34. The highest BCUT2D eigenvalue weighted by atomic mass is 14.4. The van der Waals surface area contributed by atoms with Gasteiger partial charge in [-0.25, -0.2) is 0 Å². The minimum Gasteiger partial charge on any atom is -0.110 e. The predicted molar refractivity (Wildman–Crippen MR) is 470 cm³/mol. The van der Waals surface area contributed by atoms with Crippen molar-refractivity contribution in [3.8, 4) is 0 Å². The van der Waals surface area contributed by atoms with Crippen LogP contribution >= 0.6 is 0 Å². The Kier molecular flexibility index (Phi) is 58.6. The lowest BCUT2D eigenvalue weighted by Gasteiger charge is -2.37. The molecular weight excluding hydrogens is 1160 g/mol. The average molecular weight is 1260 g/mol. The third kappa shape index (κ3) is 58.2. The molecule has 100 heavy (non-hydrogen) atoms. The van der Waals surface area contributed by atoms with Crippen LogP contribution in [0, 0.1) is 71.0 Å². The first-order chi connectivity index (χ1) is 46.3. The summed E-state index contributed by atoms with van der Waals surface area (Å²) >= 11 is 0. The number of hydrogen-bond donors (Lipinski definition) is 0. The lowest BCUT2D eigenvalue weighted by Crippen LogP contribution is -2.25. The molecule has 0 aromatic heterocycles. The summed E-state index contributed by atoms with van der Waals surface area (Å²) in [4.78, 5) is 0. The Labute approximate surface area is 666 Å². The second-order valence-corrected chi connectivity index (χ2v) is 32.5. The van der Waals surface area contributed by atoms with Gasteiger partial charge in [-0.3, -0.25) is 0 Å². The van der Waals surface area contributed by atoms with Gasteiger partial charge in [-0.15, -0.1) is 80.0 Å². The maximum absolute atomic E-state index is 7.38. The van der Waals surface area contributed by atoms with E-state index >= 15 is 0 Å². The maximum Gasteiger partial charge on any atom is 0.0699 e. The van der Waals surface area contributed by atoms with Crippen LogP contribution in [0.25, 0.3) is 0 Å². The molecule has 0 bridgehead atoms. The third-order valence-electron chi connectivity index (χ3n) is 20.0. The fourth-order valence-corrected chi connectivity index (χ4v) is 17.4. The standard InChI is InChI=1S/C65H97B35/c66-45(27-51(72)28-46(67)16-42(22-57(83)84)8-39(21-56(81)82)7-41(14-49(70)31-64(97)98)15-50(71)32-65(99)100)11-34(5-37(19-54(77)78)9-43(23-58(85)86)24-59(87)88)4-35(17-52(73)74)1-33(3-40(12-47(68)29-62(93)94)13-48(69)30-63(95)96)2-36(18-53(75)76)6-38(20-55(79)80)10-44(25-60(89)90)26-61(91)92/h33-65H,1-32H2. The molecule has 0 nitrogen and oxygen atoms in total. The second-order valence-electron chi connectivity index (χ2n) is 32.5. The normalized spacial score (nSPS) is 18.0. The van der Waals surface area contributed by atoms with Gasteiger partial charge in [0.1, 0.15) is 0 Å². The molecule has 0 aliphatic carbocycles. The van der Waals surface area contributed by atoms with Gasteiger partial charge in [-0.1, -0.05) is 182 Å². The van der Waals surface area contributed by atoms with Crippen LogP contribution in [0.5, 0.6) is 0 Å². The summed E-state index contributed by atoms with van der Waals surface area (Å²) in [6.45, 7) is 0. The zero-order chi connectivity index (χ0) is 76.7. The van der Waals surface area contributed by atoms with E-state index in [1.54, 1.807) is 0 Å². The molecule has 0 aliphatic heterocycles. The van der Waals surface area contributed by atoms with Crippen molar-refractivity contribution >= 4 is 275 Å². The van der Waals surface area contributed by atoms with Crippen LogP contribution in [0.1, 0.15) is 205 Å². The smallest absolute Gasteiger partial charge is 0.0699 e. The third-order valence-corrected chi connectivity index (χ3v) is 20.0. The molecule has 35 heteroatoms. The Morgan fingerprint density at radius 1 is 0.0800 bits per heavy atom. The zero-order valence-corrected chi connectivity index (χ0v) is 61.9. The van der Waals surface area contributed by atoms with Crippen molar-refractivity contribution in [1.82, 2.24) is 0 Å². The first-order valence-electron chi connectivity index (χ1n) is 37.8. The fraction of sp³-hybridized carbons (Fsp3) is 1.00. The Hall–Kier alpha value is 2.27.